The second-order valence-electron chi connectivity index (χ2n) is 3.49. The molecule has 0 bridgehead atoms. The highest BCUT2D eigenvalue weighted by molar-refractivity contribution is 7.80. The fourth-order valence-electron chi connectivity index (χ4n) is 1.30. The Bertz CT molecular complexity index is 278. The van der Waals surface area contributed by atoms with Gasteiger partial charge in [-0.2, -0.15) is 12.6 Å². The Balaban J connectivity index is 2.10. The van der Waals surface area contributed by atoms with Gasteiger partial charge < -0.3 is 10.1 Å². The number of thiol groups is 1. The van der Waals surface area contributed by atoms with E-state index in [4.69, 9.17) is 4.74 Å². The number of ether oxygens (including phenoxy) is 1. The normalized spacial score (nSPS) is 10.3. The van der Waals surface area contributed by atoms with E-state index in [9.17, 15) is 0 Å². The molecule has 0 aliphatic rings. The second kappa shape index (κ2) is 7.60. The summed E-state index contributed by atoms with van der Waals surface area (Å²) in [6, 6.07) is 8.14. The van der Waals surface area contributed by atoms with Crippen molar-refractivity contribution in [2.45, 2.75) is 13.3 Å². The minimum Gasteiger partial charge on any atom is -0.494 e. The second-order valence-corrected chi connectivity index (χ2v) is 3.94. The molecule has 0 heterocycles. The number of hydrogen-bond donors (Lipinski definition) is 2. The smallest absolute Gasteiger partial charge is 0.119 e. The number of nitrogens with one attached hydrogen (secondary N) is 1. The Morgan fingerprint density at radius 2 is 2.20 bits per heavy atom. The SMILES string of the molecule is Cc1cccc(OCCCNCCS)c1. The molecule has 0 spiro atoms. The first kappa shape index (κ1) is 12.4. The zero-order valence-corrected chi connectivity index (χ0v) is 10.1. The van der Waals surface area contributed by atoms with E-state index >= 15 is 0 Å². The zero-order chi connectivity index (χ0) is 10.9. The first-order valence-electron chi connectivity index (χ1n) is 5.34. The average Bonchev–Trinajstić information content (AvgIpc) is 2.23. The van der Waals surface area contributed by atoms with Gasteiger partial charge in [0.15, 0.2) is 0 Å². The van der Waals surface area contributed by atoms with Gasteiger partial charge in [-0.25, -0.2) is 0 Å². The third-order valence-corrected chi connectivity index (χ3v) is 2.27. The predicted molar refractivity (Wildman–Crippen MR) is 68.0 cm³/mol. The number of hydrogen-bond acceptors (Lipinski definition) is 3. The highest BCUT2D eigenvalue weighted by Gasteiger charge is 1.93. The van der Waals surface area contributed by atoms with Gasteiger partial charge in [0, 0.05) is 12.3 Å². The molecule has 15 heavy (non-hydrogen) atoms. The number of rotatable bonds is 7. The van der Waals surface area contributed by atoms with Crippen molar-refractivity contribution in [1.29, 1.82) is 0 Å². The molecule has 0 aromatic heterocycles. The largest absolute Gasteiger partial charge is 0.494 e. The molecule has 1 aromatic carbocycles. The van der Waals surface area contributed by atoms with Crippen LogP contribution in [0.3, 0.4) is 0 Å². The minimum absolute atomic E-state index is 0.767. The van der Waals surface area contributed by atoms with Crippen molar-refractivity contribution in [3.8, 4) is 5.75 Å². The Labute approximate surface area is 97.4 Å². The third kappa shape index (κ3) is 5.70. The van der Waals surface area contributed by atoms with Crippen LogP contribution in [0.4, 0.5) is 0 Å². The lowest BCUT2D eigenvalue weighted by Crippen LogP contribution is -2.19. The molecule has 0 aliphatic heterocycles. The minimum atomic E-state index is 0.767. The van der Waals surface area contributed by atoms with E-state index in [1.807, 2.05) is 12.1 Å². The number of benzene rings is 1. The van der Waals surface area contributed by atoms with Gasteiger partial charge in [0.25, 0.3) is 0 Å². The first-order valence-corrected chi connectivity index (χ1v) is 5.97. The van der Waals surface area contributed by atoms with Crippen LogP contribution in [0.1, 0.15) is 12.0 Å². The van der Waals surface area contributed by atoms with Gasteiger partial charge in [0.05, 0.1) is 6.61 Å². The van der Waals surface area contributed by atoms with Crippen molar-refractivity contribution in [2.24, 2.45) is 0 Å². The molecule has 0 atom stereocenters. The third-order valence-electron chi connectivity index (χ3n) is 2.04. The molecule has 0 amide bonds. The first-order chi connectivity index (χ1) is 7.33. The van der Waals surface area contributed by atoms with Crippen LogP contribution < -0.4 is 10.1 Å². The van der Waals surface area contributed by atoms with Crippen LogP contribution in [0, 0.1) is 6.92 Å². The lowest BCUT2D eigenvalue weighted by molar-refractivity contribution is 0.308. The molecule has 3 heteroatoms. The van der Waals surface area contributed by atoms with Crippen LogP contribution in [0.5, 0.6) is 5.75 Å². The molecule has 0 radical (unpaired) electrons. The van der Waals surface area contributed by atoms with Crippen LogP contribution in [-0.4, -0.2) is 25.4 Å². The summed E-state index contributed by atoms with van der Waals surface area (Å²) in [5.74, 6) is 1.85. The van der Waals surface area contributed by atoms with E-state index in [0.29, 0.717) is 0 Å². The lowest BCUT2D eigenvalue weighted by Gasteiger charge is -2.07. The molecule has 0 unspecified atom stereocenters. The summed E-state index contributed by atoms with van der Waals surface area (Å²) >= 11 is 4.12. The molecule has 2 nitrogen and oxygen atoms in total. The maximum atomic E-state index is 5.61. The molecule has 0 aliphatic carbocycles. The van der Waals surface area contributed by atoms with Crippen molar-refractivity contribution in [3.63, 3.8) is 0 Å². The van der Waals surface area contributed by atoms with Gasteiger partial charge >= 0.3 is 0 Å². The van der Waals surface area contributed by atoms with E-state index in [1.54, 1.807) is 0 Å². The topological polar surface area (TPSA) is 21.3 Å². The van der Waals surface area contributed by atoms with Crippen LogP contribution in [0.25, 0.3) is 0 Å². The predicted octanol–water partition coefficient (Wildman–Crippen LogP) is 2.28. The van der Waals surface area contributed by atoms with Gasteiger partial charge in [-0.05, 0) is 37.6 Å². The van der Waals surface area contributed by atoms with Gasteiger partial charge in [0.1, 0.15) is 5.75 Å². The fourth-order valence-corrected chi connectivity index (χ4v) is 1.45. The van der Waals surface area contributed by atoms with Gasteiger partial charge in [0.2, 0.25) is 0 Å². The highest BCUT2D eigenvalue weighted by Crippen LogP contribution is 2.12. The average molecular weight is 225 g/mol. The Kier molecular flexibility index (Phi) is 6.28. The monoisotopic (exact) mass is 225 g/mol. The van der Waals surface area contributed by atoms with Gasteiger partial charge in [-0.15, -0.1) is 0 Å². The molecular weight excluding hydrogens is 206 g/mol. The summed E-state index contributed by atoms with van der Waals surface area (Å²) in [6.07, 6.45) is 1.03. The number of aryl methyl sites for hydroxylation is 1. The van der Waals surface area contributed by atoms with E-state index in [-0.39, 0.29) is 0 Å². The molecule has 1 aromatic rings. The molecule has 1 rings (SSSR count). The summed E-state index contributed by atoms with van der Waals surface area (Å²) in [5.41, 5.74) is 1.24. The van der Waals surface area contributed by atoms with E-state index in [1.165, 1.54) is 5.56 Å². The van der Waals surface area contributed by atoms with Crippen molar-refractivity contribution in [1.82, 2.24) is 5.32 Å². The van der Waals surface area contributed by atoms with Crippen molar-refractivity contribution in [3.05, 3.63) is 29.8 Å². The summed E-state index contributed by atoms with van der Waals surface area (Å²) in [4.78, 5) is 0. The fraction of sp³-hybridized carbons (Fsp3) is 0.500. The van der Waals surface area contributed by atoms with Crippen molar-refractivity contribution < 1.29 is 4.74 Å². The molecule has 84 valence electrons. The quantitative estimate of drug-likeness (QED) is 0.549. The Morgan fingerprint density at radius 1 is 1.33 bits per heavy atom. The van der Waals surface area contributed by atoms with E-state index in [2.05, 4.69) is 37.0 Å². The van der Waals surface area contributed by atoms with Gasteiger partial charge in [-0.3, -0.25) is 0 Å². The van der Waals surface area contributed by atoms with Crippen LogP contribution >= 0.6 is 12.6 Å². The summed E-state index contributed by atoms with van der Waals surface area (Å²) in [6.45, 7) is 4.80. The molecule has 0 saturated carbocycles. The molecule has 0 saturated heterocycles. The molecule has 0 fully saturated rings. The highest BCUT2D eigenvalue weighted by atomic mass is 32.1. The van der Waals surface area contributed by atoms with Crippen LogP contribution in [-0.2, 0) is 0 Å². The molecule has 1 N–H and O–H groups in total. The zero-order valence-electron chi connectivity index (χ0n) is 9.20. The Morgan fingerprint density at radius 3 is 2.93 bits per heavy atom. The standard InChI is InChI=1S/C12H19NOS/c1-11-4-2-5-12(10-11)14-8-3-6-13-7-9-15/h2,4-5,10,13,15H,3,6-9H2,1H3. The van der Waals surface area contributed by atoms with E-state index in [0.717, 1.165) is 37.6 Å². The van der Waals surface area contributed by atoms with Gasteiger partial charge in [-0.1, -0.05) is 12.1 Å². The Hall–Kier alpha value is -0.670. The van der Waals surface area contributed by atoms with Crippen molar-refractivity contribution >= 4 is 12.6 Å². The van der Waals surface area contributed by atoms with E-state index < -0.39 is 0 Å². The van der Waals surface area contributed by atoms with Crippen molar-refractivity contribution in [2.75, 3.05) is 25.4 Å². The lowest BCUT2D eigenvalue weighted by atomic mass is 10.2. The maximum absolute atomic E-state index is 5.61. The summed E-state index contributed by atoms with van der Waals surface area (Å²) in [5, 5.41) is 3.28. The maximum Gasteiger partial charge on any atom is 0.119 e. The molecular formula is C12H19NOS. The summed E-state index contributed by atoms with van der Waals surface area (Å²) < 4.78 is 5.61. The van der Waals surface area contributed by atoms with Crippen LogP contribution in [0.2, 0.25) is 0 Å². The summed E-state index contributed by atoms with van der Waals surface area (Å²) in [7, 11) is 0. The van der Waals surface area contributed by atoms with Crippen LogP contribution in [0.15, 0.2) is 24.3 Å².